The van der Waals surface area contributed by atoms with Crippen LogP contribution in [0.5, 0.6) is 5.75 Å². The number of hydrogen-bond donors (Lipinski definition) is 2. The van der Waals surface area contributed by atoms with Crippen molar-refractivity contribution in [3.63, 3.8) is 0 Å². The second-order valence-electron chi connectivity index (χ2n) is 5.80. The number of nitrogens with one attached hydrogen (secondary N) is 1. The molecular formula is C17H25NO3. The summed E-state index contributed by atoms with van der Waals surface area (Å²) in [6.07, 6.45) is 6.55. The first kappa shape index (κ1) is 15.8. The van der Waals surface area contributed by atoms with Gasteiger partial charge in [-0.3, -0.25) is 4.79 Å². The lowest BCUT2D eigenvalue weighted by molar-refractivity contribution is 0.0945. The van der Waals surface area contributed by atoms with Gasteiger partial charge in [-0.05, 0) is 63.3 Å². The molecule has 0 bridgehead atoms. The van der Waals surface area contributed by atoms with Gasteiger partial charge >= 0.3 is 0 Å². The minimum Gasteiger partial charge on any atom is -0.490 e. The second-order valence-corrected chi connectivity index (χ2v) is 5.80. The second kappa shape index (κ2) is 8.03. The van der Waals surface area contributed by atoms with Crippen LogP contribution in [0.4, 0.5) is 0 Å². The molecule has 1 fully saturated rings. The Hall–Kier alpha value is -1.55. The minimum absolute atomic E-state index is 0.111. The molecule has 0 aliphatic heterocycles. The van der Waals surface area contributed by atoms with Gasteiger partial charge in [-0.2, -0.15) is 0 Å². The van der Waals surface area contributed by atoms with E-state index in [4.69, 9.17) is 9.84 Å². The fourth-order valence-electron chi connectivity index (χ4n) is 2.56. The number of carbonyl (C=O) groups is 1. The number of amides is 1. The normalized spacial score (nSPS) is 17.2. The van der Waals surface area contributed by atoms with Crippen molar-refractivity contribution < 1.29 is 14.6 Å². The Morgan fingerprint density at radius 1 is 1.29 bits per heavy atom. The van der Waals surface area contributed by atoms with E-state index < -0.39 is 6.10 Å². The fourth-order valence-corrected chi connectivity index (χ4v) is 2.56. The average molecular weight is 291 g/mol. The summed E-state index contributed by atoms with van der Waals surface area (Å²) in [7, 11) is 0. The SMILES string of the molecule is CC(O)CCNC(=O)c1ccc(OC2CCCCC2)cc1. The van der Waals surface area contributed by atoms with Gasteiger partial charge in [0.25, 0.3) is 5.91 Å². The molecule has 21 heavy (non-hydrogen) atoms. The first-order valence-corrected chi connectivity index (χ1v) is 7.88. The highest BCUT2D eigenvalue weighted by molar-refractivity contribution is 5.94. The lowest BCUT2D eigenvalue weighted by Crippen LogP contribution is -2.26. The topological polar surface area (TPSA) is 58.6 Å². The lowest BCUT2D eigenvalue weighted by Gasteiger charge is -2.23. The monoisotopic (exact) mass is 291 g/mol. The third-order valence-corrected chi connectivity index (χ3v) is 3.82. The summed E-state index contributed by atoms with van der Waals surface area (Å²) in [5.74, 6) is 0.724. The van der Waals surface area contributed by atoms with Crippen LogP contribution in [-0.4, -0.2) is 29.8 Å². The molecule has 1 aliphatic rings. The maximum atomic E-state index is 11.9. The fraction of sp³-hybridized carbons (Fsp3) is 0.588. The number of aliphatic hydroxyl groups is 1. The summed E-state index contributed by atoms with van der Waals surface area (Å²) >= 11 is 0. The van der Waals surface area contributed by atoms with E-state index in [0.29, 0.717) is 24.6 Å². The summed E-state index contributed by atoms with van der Waals surface area (Å²) in [6, 6.07) is 7.29. The molecule has 116 valence electrons. The Bertz CT molecular complexity index is 436. The van der Waals surface area contributed by atoms with Gasteiger partial charge in [0.2, 0.25) is 0 Å². The van der Waals surface area contributed by atoms with Crippen LogP contribution >= 0.6 is 0 Å². The zero-order chi connectivity index (χ0) is 15.1. The standard InChI is InChI=1S/C17H25NO3/c1-13(19)11-12-18-17(20)14-7-9-16(10-8-14)21-15-5-3-2-4-6-15/h7-10,13,15,19H,2-6,11-12H2,1H3,(H,18,20). The Labute approximate surface area is 126 Å². The molecular weight excluding hydrogens is 266 g/mol. The molecule has 4 heteroatoms. The molecule has 4 nitrogen and oxygen atoms in total. The summed E-state index contributed by atoms with van der Waals surface area (Å²) in [5.41, 5.74) is 0.622. The van der Waals surface area contributed by atoms with Crippen molar-refractivity contribution in [1.82, 2.24) is 5.32 Å². The van der Waals surface area contributed by atoms with E-state index in [9.17, 15) is 4.79 Å². The third kappa shape index (κ3) is 5.38. The first-order valence-electron chi connectivity index (χ1n) is 7.88. The predicted octanol–water partition coefficient (Wildman–Crippen LogP) is 2.90. The zero-order valence-electron chi connectivity index (χ0n) is 12.7. The van der Waals surface area contributed by atoms with Crippen LogP contribution in [0.1, 0.15) is 55.8 Å². The summed E-state index contributed by atoms with van der Waals surface area (Å²) < 4.78 is 5.94. The van der Waals surface area contributed by atoms with Gasteiger partial charge in [0.15, 0.2) is 0 Å². The predicted molar refractivity (Wildman–Crippen MR) is 82.6 cm³/mol. The van der Waals surface area contributed by atoms with Gasteiger partial charge in [-0.25, -0.2) is 0 Å². The van der Waals surface area contributed by atoms with Crippen LogP contribution in [-0.2, 0) is 0 Å². The van der Waals surface area contributed by atoms with Gasteiger partial charge in [-0.1, -0.05) is 6.42 Å². The van der Waals surface area contributed by atoms with Crippen molar-refractivity contribution in [2.45, 2.75) is 57.7 Å². The highest BCUT2D eigenvalue weighted by Gasteiger charge is 2.15. The quantitative estimate of drug-likeness (QED) is 0.847. The molecule has 0 saturated heterocycles. The molecule has 0 radical (unpaired) electrons. The van der Waals surface area contributed by atoms with Crippen molar-refractivity contribution >= 4 is 5.91 Å². The Morgan fingerprint density at radius 3 is 2.57 bits per heavy atom. The molecule has 1 amide bonds. The van der Waals surface area contributed by atoms with Crippen molar-refractivity contribution in [2.75, 3.05) is 6.54 Å². The summed E-state index contributed by atoms with van der Waals surface area (Å²) in [4.78, 5) is 11.9. The van der Waals surface area contributed by atoms with Crippen molar-refractivity contribution in [3.05, 3.63) is 29.8 Å². The van der Waals surface area contributed by atoms with Crippen LogP contribution in [0, 0.1) is 0 Å². The van der Waals surface area contributed by atoms with Crippen LogP contribution in [0.15, 0.2) is 24.3 Å². The van der Waals surface area contributed by atoms with E-state index in [1.54, 1.807) is 19.1 Å². The molecule has 0 aromatic heterocycles. The van der Waals surface area contributed by atoms with Crippen LogP contribution in [0.25, 0.3) is 0 Å². The molecule has 0 heterocycles. The van der Waals surface area contributed by atoms with Gasteiger partial charge in [-0.15, -0.1) is 0 Å². The average Bonchev–Trinajstić information content (AvgIpc) is 2.48. The molecule has 1 unspecified atom stereocenters. The van der Waals surface area contributed by atoms with Crippen molar-refractivity contribution in [3.8, 4) is 5.75 Å². The highest BCUT2D eigenvalue weighted by Crippen LogP contribution is 2.23. The van der Waals surface area contributed by atoms with E-state index in [-0.39, 0.29) is 5.91 Å². The maximum absolute atomic E-state index is 11.9. The number of rotatable bonds is 6. The van der Waals surface area contributed by atoms with Crippen molar-refractivity contribution in [2.24, 2.45) is 0 Å². The van der Waals surface area contributed by atoms with Crippen LogP contribution < -0.4 is 10.1 Å². The third-order valence-electron chi connectivity index (χ3n) is 3.82. The molecule has 1 aliphatic carbocycles. The maximum Gasteiger partial charge on any atom is 0.251 e. The van der Waals surface area contributed by atoms with E-state index >= 15 is 0 Å². The molecule has 1 atom stereocenters. The molecule has 2 N–H and O–H groups in total. The Balaban J connectivity index is 1.81. The van der Waals surface area contributed by atoms with E-state index in [1.807, 2.05) is 12.1 Å². The van der Waals surface area contributed by atoms with Crippen molar-refractivity contribution in [1.29, 1.82) is 0 Å². The lowest BCUT2D eigenvalue weighted by atomic mass is 9.98. The molecule has 0 spiro atoms. The molecule has 1 saturated carbocycles. The number of hydrogen-bond acceptors (Lipinski definition) is 3. The molecule has 1 aromatic carbocycles. The number of aliphatic hydroxyl groups excluding tert-OH is 1. The van der Waals surface area contributed by atoms with E-state index in [2.05, 4.69) is 5.32 Å². The van der Waals surface area contributed by atoms with Gasteiger partial charge in [0.1, 0.15) is 5.75 Å². The number of carbonyl (C=O) groups excluding carboxylic acids is 1. The van der Waals surface area contributed by atoms with E-state index in [1.165, 1.54) is 19.3 Å². The van der Waals surface area contributed by atoms with Gasteiger partial charge < -0.3 is 15.2 Å². The molecule has 2 rings (SSSR count). The highest BCUT2D eigenvalue weighted by atomic mass is 16.5. The summed E-state index contributed by atoms with van der Waals surface area (Å²) in [6.45, 7) is 2.19. The summed E-state index contributed by atoms with van der Waals surface area (Å²) in [5, 5.41) is 12.0. The minimum atomic E-state index is -0.392. The smallest absolute Gasteiger partial charge is 0.251 e. The van der Waals surface area contributed by atoms with Crippen LogP contribution in [0.2, 0.25) is 0 Å². The number of benzene rings is 1. The zero-order valence-corrected chi connectivity index (χ0v) is 12.7. The van der Waals surface area contributed by atoms with Gasteiger partial charge in [0.05, 0.1) is 12.2 Å². The Kier molecular flexibility index (Phi) is 6.05. The van der Waals surface area contributed by atoms with Crippen LogP contribution in [0.3, 0.4) is 0 Å². The first-order chi connectivity index (χ1) is 10.1. The van der Waals surface area contributed by atoms with E-state index in [0.717, 1.165) is 18.6 Å². The number of ether oxygens (including phenoxy) is 1. The largest absolute Gasteiger partial charge is 0.490 e. The van der Waals surface area contributed by atoms with Gasteiger partial charge in [0, 0.05) is 12.1 Å². The Morgan fingerprint density at radius 2 is 1.95 bits per heavy atom. The molecule has 1 aromatic rings.